The highest BCUT2D eigenvalue weighted by Crippen LogP contribution is 2.21. The quantitative estimate of drug-likeness (QED) is 0.814. The predicted octanol–water partition coefficient (Wildman–Crippen LogP) is 4.35. The summed E-state index contributed by atoms with van der Waals surface area (Å²) in [4.78, 5) is 12.5. The SMILES string of the molecule is CC[C@H](NC(=O)[C@@H](C)Oc1ccc(C)c(C)c1)c1ccc(OC)cc1. The number of benzene rings is 2. The van der Waals surface area contributed by atoms with Crippen LogP contribution in [0.3, 0.4) is 0 Å². The summed E-state index contributed by atoms with van der Waals surface area (Å²) in [5.74, 6) is 1.39. The second-order valence-electron chi connectivity index (χ2n) is 6.25. The van der Waals surface area contributed by atoms with Crippen LogP contribution in [0.2, 0.25) is 0 Å². The first kappa shape index (κ1) is 18.8. The molecule has 0 aromatic heterocycles. The number of nitrogens with one attached hydrogen (secondary N) is 1. The van der Waals surface area contributed by atoms with Crippen molar-refractivity contribution in [2.24, 2.45) is 0 Å². The van der Waals surface area contributed by atoms with Gasteiger partial charge in [0.25, 0.3) is 5.91 Å². The molecule has 4 nitrogen and oxygen atoms in total. The van der Waals surface area contributed by atoms with Crippen molar-refractivity contribution in [3.63, 3.8) is 0 Å². The highest BCUT2D eigenvalue weighted by atomic mass is 16.5. The van der Waals surface area contributed by atoms with Gasteiger partial charge >= 0.3 is 0 Å². The predicted molar refractivity (Wildman–Crippen MR) is 100 cm³/mol. The maximum Gasteiger partial charge on any atom is 0.261 e. The van der Waals surface area contributed by atoms with Gasteiger partial charge in [-0.25, -0.2) is 0 Å². The molecule has 0 aliphatic rings. The number of rotatable bonds is 7. The van der Waals surface area contributed by atoms with E-state index in [2.05, 4.69) is 12.2 Å². The van der Waals surface area contributed by atoms with E-state index in [-0.39, 0.29) is 11.9 Å². The lowest BCUT2D eigenvalue weighted by Gasteiger charge is -2.21. The van der Waals surface area contributed by atoms with Gasteiger partial charge < -0.3 is 14.8 Å². The van der Waals surface area contributed by atoms with Crippen LogP contribution in [0.25, 0.3) is 0 Å². The molecule has 0 fully saturated rings. The number of ether oxygens (including phenoxy) is 2. The van der Waals surface area contributed by atoms with E-state index in [0.717, 1.165) is 23.3 Å². The molecule has 1 amide bonds. The monoisotopic (exact) mass is 341 g/mol. The Labute approximate surface area is 150 Å². The smallest absolute Gasteiger partial charge is 0.261 e. The third kappa shape index (κ3) is 4.99. The maximum absolute atomic E-state index is 12.5. The molecule has 0 heterocycles. The molecule has 2 rings (SSSR count). The molecule has 2 atom stereocenters. The zero-order valence-corrected chi connectivity index (χ0v) is 15.6. The standard InChI is InChI=1S/C21H27NO3/c1-6-20(17-8-11-18(24-5)12-9-17)22-21(23)16(4)25-19-10-7-14(2)15(3)13-19/h7-13,16,20H,6H2,1-5H3,(H,22,23)/t16-,20+/m1/s1. The van der Waals surface area contributed by atoms with Crippen molar-refractivity contribution < 1.29 is 14.3 Å². The first-order valence-corrected chi connectivity index (χ1v) is 8.62. The van der Waals surface area contributed by atoms with Crippen molar-refractivity contribution in [3.05, 3.63) is 59.2 Å². The molecule has 0 bridgehead atoms. The maximum atomic E-state index is 12.5. The molecule has 0 unspecified atom stereocenters. The second kappa shape index (κ2) is 8.56. The Kier molecular flexibility index (Phi) is 6.45. The molecular formula is C21H27NO3. The largest absolute Gasteiger partial charge is 0.497 e. The molecule has 0 radical (unpaired) electrons. The van der Waals surface area contributed by atoms with Crippen molar-refractivity contribution in [1.29, 1.82) is 0 Å². The Morgan fingerprint density at radius 1 is 1.04 bits per heavy atom. The van der Waals surface area contributed by atoms with Crippen LogP contribution in [0.1, 0.15) is 43.0 Å². The summed E-state index contributed by atoms with van der Waals surface area (Å²) >= 11 is 0. The number of amides is 1. The normalized spacial score (nSPS) is 13.0. The number of hydrogen-bond donors (Lipinski definition) is 1. The van der Waals surface area contributed by atoms with Crippen molar-refractivity contribution in [3.8, 4) is 11.5 Å². The van der Waals surface area contributed by atoms with Crippen LogP contribution in [0.5, 0.6) is 11.5 Å². The molecule has 25 heavy (non-hydrogen) atoms. The minimum Gasteiger partial charge on any atom is -0.497 e. The van der Waals surface area contributed by atoms with Crippen LogP contribution < -0.4 is 14.8 Å². The fourth-order valence-electron chi connectivity index (χ4n) is 2.59. The third-order valence-electron chi connectivity index (χ3n) is 4.40. The van der Waals surface area contributed by atoms with Gasteiger partial charge in [0, 0.05) is 0 Å². The first-order chi connectivity index (χ1) is 11.9. The van der Waals surface area contributed by atoms with Crippen LogP contribution in [0.15, 0.2) is 42.5 Å². The zero-order chi connectivity index (χ0) is 18.4. The fraction of sp³-hybridized carbons (Fsp3) is 0.381. The van der Waals surface area contributed by atoms with Gasteiger partial charge in [-0.3, -0.25) is 4.79 Å². The summed E-state index contributed by atoms with van der Waals surface area (Å²) in [5.41, 5.74) is 3.40. The first-order valence-electron chi connectivity index (χ1n) is 8.62. The van der Waals surface area contributed by atoms with Crippen LogP contribution in [-0.2, 0) is 4.79 Å². The highest BCUT2D eigenvalue weighted by molar-refractivity contribution is 5.81. The molecule has 0 saturated carbocycles. The van der Waals surface area contributed by atoms with Crippen molar-refractivity contribution in [2.75, 3.05) is 7.11 Å². The summed E-state index contributed by atoms with van der Waals surface area (Å²) in [6, 6.07) is 13.6. The summed E-state index contributed by atoms with van der Waals surface area (Å²) < 4.78 is 11.0. The second-order valence-corrected chi connectivity index (χ2v) is 6.25. The molecule has 4 heteroatoms. The molecule has 0 aliphatic heterocycles. The van der Waals surface area contributed by atoms with Crippen LogP contribution in [0.4, 0.5) is 0 Å². The van der Waals surface area contributed by atoms with E-state index in [0.29, 0.717) is 5.75 Å². The van der Waals surface area contributed by atoms with Crippen molar-refractivity contribution >= 4 is 5.91 Å². The molecule has 134 valence electrons. The van der Waals surface area contributed by atoms with Crippen LogP contribution >= 0.6 is 0 Å². The van der Waals surface area contributed by atoms with Gasteiger partial charge in [0.15, 0.2) is 6.10 Å². The lowest BCUT2D eigenvalue weighted by atomic mass is 10.0. The van der Waals surface area contributed by atoms with E-state index in [1.54, 1.807) is 14.0 Å². The van der Waals surface area contributed by atoms with Gasteiger partial charge in [-0.2, -0.15) is 0 Å². The molecule has 0 spiro atoms. The van der Waals surface area contributed by atoms with Crippen molar-refractivity contribution in [1.82, 2.24) is 5.32 Å². The van der Waals surface area contributed by atoms with E-state index >= 15 is 0 Å². The number of methoxy groups -OCH3 is 1. The Morgan fingerprint density at radius 2 is 1.68 bits per heavy atom. The summed E-state index contributed by atoms with van der Waals surface area (Å²) in [5, 5.41) is 3.06. The van der Waals surface area contributed by atoms with E-state index < -0.39 is 6.10 Å². The van der Waals surface area contributed by atoms with E-state index in [1.165, 1.54) is 5.56 Å². The number of carbonyl (C=O) groups excluding carboxylic acids is 1. The lowest BCUT2D eigenvalue weighted by molar-refractivity contribution is -0.128. The molecule has 2 aromatic carbocycles. The Hall–Kier alpha value is -2.49. The highest BCUT2D eigenvalue weighted by Gasteiger charge is 2.19. The minimum absolute atomic E-state index is 0.0517. The van der Waals surface area contributed by atoms with Gasteiger partial charge in [0.05, 0.1) is 13.2 Å². The van der Waals surface area contributed by atoms with Gasteiger partial charge in [-0.15, -0.1) is 0 Å². The average molecular weight is 341 g/mol. The summed E-state index contributed by atoms with van der Waals surface area (Å²) in [7, 11) is 1.64. The van der Waals surface area contributed by atoms with Crippen LogP contribution in [0, 0.1) is 13.8 Å². The number of hydrogen-bond acceptors (Lipinski definition) is 3. The third-order valence-corrected chi connectivity index (χ3v) is 4.40. The van der Waals surface area contributed by atoms with Gasteiger partial charge in [0.2, 0.25) is 0 Å². The number of carbonyl (C=O) groups is 1. The fourth-order valence-corrected chi connectivity index (χ4v) is 2.59. The lowest BCUT2D eigenvalue weighted by Crippen LogP contribution is -2.38. The Balaban J connectivity index is 2.01. The van der Waals surface area contributed by atoms with Gasteiger partial charge in [-0.05, 0) is 68.1 Å². The van der Waals surface area contributed by atoms with E-state index in [4.69, 9.17) is 9.47 Å². The van der Waals surface area contributed by atoms with Gasteiger partial charge in [0.1, 0.15) is 11.5 Å². The van der Waals surface area contributed by atoms with Crippen LogP contribution in [-0.4, -0.2) is 19.1 Å². The topological polar surface area (TPSA) is 47.6 Å². The Morgan fingerprint density at radius 3 is 2.24 bits per heavy atom. The zero-order valence-electron chi connectivity index (χ0n) is 15.6. The Bertz CT molecular complexity index is 710. The summed E-state index contributed by atoms with van der Waals surface area (Å²) in [6.07, 6.45) is 0.239. The molecule has 1 N–H and O–H groups in total. The molecule has 0 saturated heterocycles. The van der Waals surface area contributed by atoms with Gasteiger partial charge in [-0.1, -0.05) is 25.1 Å². The molecule has 0 aliphatic carbocycles. The summed E-state index contributed by atoms with van der Waals surface area (Å²) in [6.45, 7) is 7.90. The molecular weight excluding hydrogens is 314 g/mol. The van der Waals surface area contributed by atoms with E-state index in [9.17, 15) is 4.79 Å². The van der Waals surface area contributed by atoms with E-state index in [1.807, 2.05) is 56.3 Å². The van der Waals surface area contributed by atoms with Crippen molar-refractivity contribution in [2.45, 2.75) is 46.3 Å². The molecule has 2 aromatic rings. The number of aryl methyl sites for hydroxylation is 2. The average Bonchev–Trinajstić information content (AvgIpc) is 2.62. The minimum atomic E-state index is -0.561.